The summed E-state index contributed by atoms with van der Waals surface area (Å²) in [5.74, 6) is 0.0871. The molecule has 0 saturated heterocycles. The zero-order valence-corrected chi connectivity index (χ0v) is 18.4. The zero-order valence-electron chi connectivity index (χ0n) is 17.7. The van der Waals surface area contributed by atoms with Crippen molar-refractivity contribution in [2.24, 2.45) is 5.10 Å². The molecule has 0 unspecified atom stereocenters. The third kappa shape index (κ3) is 5.89. The second-order valence-electron chi connectivity index (χ2n) is 6.73. The molecule has 2 aromatic carbocycles. The number of ether oxygens (including phenoxy) is 3. The van der Waals surface area contributed by atoms with E-state index < -0.39 is 11.9 Å². The summed E-state index contributed by atoms with van der Waals surface area (Å²) in [6.07, 6.45) is 2.80. The van der Waals surface area contributed by atoms with E-state index in [-0.39, 0.29) is 18.1 Å². The van der Waals surface area contributed by atoms with Gasteiger partial charge in [-0.3, -0.25) is 4.79 Å². The van der Waals surface area contributed by atoms with Gasteiger partial charge in [0.2, 0.25) is 5.76 Å². The van der Waals surface area contributed by atoms with E-state index in [0.717, 1.165) is 11.1 Å². The molecule has 3 aromatic rings. The van der Waals surface area contributed by atoms with Gasteiger partial charge in [0.15, 0.2) is 18.1 Å². The molecule has 0 fully saturated rings. The van der Waals surface area contributed by atoms with E-state index in [1.165, 1.54) is 25.7 Å². The van der Waals surface area contributed by atoms with E-state index in [1.54, 1.807) is 36.4 Å². The summed E-state index contributed by atoms with van der Waals surface area (Å²) in [4.78, 5) is 24.0. The van der Waals surface area contributed by atoms with Crippen LogP contribution in [0.25, 0.3) is 0 Å². The number of carbonyl (C=O) groups excluding carboxylic acids is 2. The Labute approximate surface area is 189 Å². The fourth-order valence-electron chi connectivity index (χ4n) is 2.74. The summed E-state index contributed by atoms with van der Waals surface area (Å²) in [5, 5.41) is 4.58. The van der Waals surface area contributed by atoms with E-state index in [0.29, 0.717) is 22.1 Å². The highest BCUT2D eigenvalue weighted by Crippen LogP contribution is 2.28. The fourth-order valence-corrected chi connectivity index (χ4v) is 2.85. The maximum absolute atomic E-state index is 12.0. The van der Waals surface area contributed by atoms with E-state index in [2.05, 4.69) is 10.5 Å². The number of carbonyl (C=O) groups is 2. The minimum atomic E-state index is -0.645. The van der Waals surface area contributed by atoms with Crippen LogP contribution >= 0.6 is 11.6 Å². The lowest BCUT2D eigenvalue weighted by Crippen LogP contribution is -2.24. The van der Waals surface area contributed by atoms with Crippen molar-refractivity contribution in [3.05, 3.63) is 76.2 Å². The Bertz CT molecular complexity index is 1120. The van der Waals surface area contributed by atoms with Crippen LogP contribution in [0.5, 0.6) is 17.2 Å². The Morgan fingerprint density at radius 3 is 2.53 bits per heavy atom. The quantitative estimate of drug-likeness (QED) is 0.235. The first-order valence-electron chi connectivity index (χ1n) is 9.52. The summed E-state index contributed by atoms with van der Waals surface area (Å²) >= 11 is 6.13. The Morgan fingerprint density at radius 2 is 1.88 bits per heavy atom. The second-order valence-corrected chi connectivity index (χ2v) is 7.11. The number of amides is 1. The van der Waals surface area contributed by atoms with Crippen molar-refractivity contribution in [3.8, 4) is 17.2 Å². The maximum Gasteiger partial charge on any atom is 0.379 e. The molecule has 0 bridgehead atoms. The second kappa shape index (κ2) is 10.5. The van der Waals surface area contributed by atoms with E-state index >= 15 is 0 Å². The van der Waals surface area contributed by atoms with Gasteiger partial charge in [0, 0.05) is 5.02 Å². The third-order valence-corrected chi connectivity index (χ3v) is 4.89. The topological polar surface area (TPSA) is 99.4 Å². The molecular formula is C23H21ClN2O6. The lowest BCUT2D eigenvalue weighted by Gasteiger charge is -2.09. The van der Waals surface area contributed by atoms with Crippen molar-refractivity contribution in [1.82, 2.24) is 5.43 Å². The van der Waals surface area contributed by atoms with Gasteiger partial charge in [-0.2, -0.15) is 5.10 Å². The summed E-state index contributed by atoms with van der Waals surface area (Å²) in [6.45, 7) is 3.52. The van der Waals surface area contributed by atoms with Crippen LogP contribution < -0.4 is 19.6 Å². The molecule has 1 amide bonds. The SMILES string of the molecule is COc1cc(/C=N\NC(=O)COc2cc(C)c(Cl)c(C)c2)ccc1OC(=O)c1ccco1. The van der Waals surface area contributed by atoms with Crippen LogP contribution in [0.3, 0.4) is 0 Å². The number of hydrogen-bond donors (Lipinski definition) is 1. The predicted octanol–water partition coefficient (Wildman–Crippen LogP) is 4.31. The molecule has 3 rings (SSSR count). The predicted molar refractivity (Wildman–Crippen MR) is 119 cm³/mol. The van der Waals surface area contributed by atoms with Gasteiger partial charge < -0.3 is 18.6 Å². The van der Waals surface area contributed by atoms with E-state index in [4.69, 9.17) is 30.2 Å². The van der Waals surface area contributed by atoms with Gasteiger partial charge in [0.1, 0.15) is 5.75 Å². The molecule has 0 aliphatic rings. The average molecular weight is 457 g/mol. The zero-order chi connectivity index (χ0) is 23.1. The van der Waals surface area contributed by atoms with Gasteiger partial charge in [0.05, 0.1) is 19.6 Å². The van der Waals surface area contributed by atoms with Crippen LogP contribution in [-0.4, -0.2) is 31.8 Å². The lowest BCUT2D eigenvalue weighted by molar-refractivity contribution is -0.123. The summed E-state index contributed by atoms with van der Waals surface area (Å²) < 4.78 is 21.0. The number of nitrogens with zero attached hydrogens (tertiary/aromatic N) is 1. The first-order chi connectivity index (χ1) is 15.4. The standard InChI is InChI=1S/C23H21ClN2O6/c1-14-9-17(10-15(2)22(14)24)31-13-21(27)26-25-12-16-6-7-18(20(11-16)29-3)32-23(28)19-5-4-8-30-19/h4-12H,13H2,1-3H3,(H,26,27)/b25-12-. The van der Waals surface area contributed by atoms with Crippen LogP contribution in [0.1, 0.15) is 27.2 Å². The molecule has 0 spiro atoms. The molecule has 8 nitrogen and oxygen atoms in total. The van der Waals surface area contributed by atoms with Gasteiger partial charge in [-0.15, -0.1) is 0 Å². The smallest absolute Gasteiger partial charge is 0.379 e. The summed E-state index contributed by atoms with van der Waals surface area (Å²) in [6, 6.07) is 11.4. The molecule has 166 valence electrons. The molecule has 0 radical (unpaired) electrons. The summed E-state index contributed by atoms with van der Waals surface area (Å²) in [7, 11) is 1.44. The first-order valence-corrected chi connectivity index (χ1v) is 9.90. The van der Waals surface area contributed by atoms with Gasteiger partial charge in [-0.05, 0) is 73.0 Å². The summed E-state index contributed by atoms with van der Waals surface area (Å²) in [5.41, 5.74) is 4.74. The molecule has 1 aromatic heterocycles. The van der Waals surface area contributed by atoms with E-state index in [1.807, 2.05) is 13.8 Å². The molecule has 0 aliphatic carbocycles. The van der Waals surface area contributed by atoms with Crippen LogP contribution in [0.2, 0.25) is 5.02 Å². The average Bonchev–Trinajstić information content (AvgIpc) is 3.32. The highest BCUT2D eigenvalue weighted by Gasteiger charge is 2.15. The number of hydrazone groups is 1. The number of furan rings is 1. The van der Waals surface area contributed by atoms with Crippen molar-refractivity contribution < 1.29 is 28.2 Å². The van der Waals surface area contributed by atoms with Crippen molar-refractivity contribution in [2.75, 3.05) is 13.7 Å². The number of aryl methyl sites for hydroxylation is 2. The number of benzene rings is 2. The van der Waals surface area contributed by atoms with Crippen LogP contribution in [0.15, 0.2) is 58.2 Å². The van der Waals surface area contributed by atoms with Crippen LogP contribution in [0.4, 0.5) is 0 Å². The van der Waals surface area contributed by atoms with Gasteiger partial charge in [-0.25, -0.2) is 10.2 Å². The number of hydrogen-bond acceptors (Lipinski definition) is 7. The van der Waals surface area contributed by atoms with Crippen LogP contribution in [0, 0.1) is 13.8 Å². The Hall–Kier alpha value is -3.78. The molecule has 1 heterocycles. The molecule has 0 aliphatic heterocycles. The maximum atomic E-state index is 12.0. The van der Waals surface area contributed by atoms with Crippen molar-refractivity contribution in [3.63, 3.8) is 0 Å². The van der Waals surface area contributed by atoms with Gasteiger partial charge >= 0.3 is 5.97 Å². The molecule has 9 heteroatoms. The highest BCUT2D eigenvalue weighted by molar-refractivity contribution is 6.32. The van der Waals surface area contributed by atoms with Gasteiger partial charge in [0.25, 0.3) is 5.91 Å². The van der Waals surface area contributed by atoms with E-state index in [9.17, 15) is 9.59 Å². The number of esters is 1. The normalized spacial score (nSPS) is 10.8. The highest BCUT2D eigenvalue weighted by atomic mass is 35.5. The number of nitrogens with one attached hydrogen (secondary N) is 1. The largest absolute Gasteiger partial charge is 0.493 e. The minimum absolute atomic E-state index is 0.0755. The lowest BCUT2D eigenvalue weighted by atomic mass is 10.1. The van der Waals surface area contributed by atoms with Crippen molar-refractivity contribution in [2.45, 2.75) is 13.8 Å². The molecule has 1 N–H and O–H groups in total. The van der Waals surface area contributed by atoms with Crippen LogP contribution in [-0.2, 0) is 4.79 Å². The Morgan fingerprint density at radius 1 is 1.12 bits per heavy atom. The van der Waals surface area contributed by atoms with Crippen molar-refractivity contribution >= 4 is 29.7 Å². The van der Waals surface area contributed by atoms with Crippen molar-refractivity contribution in [1.29, 1.82) is 0 Å². The number of methoxy groups -OCH3 is 1. The Balaban J connectivity index is 1.55. The number of halogens is 1. The Kier molecular flexibility index (Phi) is 7.51. The number of rotatable bonds is 8. The monoisotopic (exact) mass is 456 g/mol. The molecule has 32 heavy (non-hydrogen) atoms. The van der Waals surface area contributed by atoms with Gasteiger partial charge in [-0.1, -0.05) is 11.6 Å². The minimum Gasteiger partial charge on any atom is -0.493 e. The molecule has 0 atom stereocenters. The fraction of sp³-hybridized carbons (Fsp3) is 0.174. The molecular weight excluding hydrogens is 436 g/mol. The molecule has 0 saturated carbocycles. The third-order valence-electron chi connectivity index (χ3n) is 4.30. The first kappa shape index (κ1) is 22.9.